The second kappa shape index (κ2) is 20.1. The maximum absolute atomic E-state index is 11.3. The summed E-state index contributed by atoms with van der Waals surface area (Å²) in [6.45, 7) is 3.25. The zero-order chi connectivity index (χ0) is 34.0. The first-order valence-electron chi connectivity index (χ1n) is 15.8. The van der Waals surface area contributed by atoms with Crippen LogP contribution < -0.4 is 9.47 Å². The molecule has 250 valence electrons. The first-order chi connectivity index (χ1) is 23.4. The number of alkyl halides is 2. The van der Waals surface area contributed by atoms with E-state index in [2.05, 4.69) is 59.5 Å². The molecule has 0 radical (unpaired) electrons. The largest absolute Gasteiger partial charge is 0.489 e. The third-order valence-electron chi connectivity index (χ3n) is 7.44. The van der Waals surface area contributed by atoms with Crippen molar-refractivity contribution in [1.29, 1.82) is 0 Å². The number of benzene rings is 5. The minimum Gasteiger partial charge on any atom is -0.489 e. The highest BCUT2D eigenvalue weighted by Crippen LogP contribution is 2.23. The van der Waals surface area contributed by atoms with E-state index in [1.54, 1.807) is 0 Å². The van der Waals surface area contributed by atoms with E-state index in [1.165, 1.54) is 11.1 Å². The second-order valence-electron chi connectivity index (χ2n) is 11.2. The molecule has 0 aliphatic heterocycles. The van der Waals surface area contributed by atoms with Crippen LogP contribution in [0, 0.1) is 0 Å². The molecule has 1 unspecified atom stereocenters. The Balaban J connectivity index is 0.000000794. The number of nitrogens with zero attached hydrogens (tertiary/aromatic N) is 1. The van der Waals surface area contributed by atoms with Gasteiger partial charge in [0, 0.05) is 13.1 Å². The Hall–Kier alpha value is -4.33. The molecule has 6 nitrogen and oxygen atoms in total. The molecule has 5 rings (SSSR count). The number of ether oxygens (including phenoxy) is 2. The predicted molar refractivity (Wildman–Crippen MR) is 193 cm³/mol. The number of aliphatic hydroxyl groups excluding tert-OH is 1. The van der Waals surface area contributed by atoms with E-state index in [-0.39, 0.29) is 0 Å². The summed E-state index contributed by atoms with van der Waals surface area (Å²) in [6.07, 6.45) is 1.29. The quantitative estimate of drug-likeness (QED) is 0.101. The van der Waals surface area contributed by atoms with Crippen LogP contribution in [-0.4, -0.2) is 39.0 Å². The van der Waals surface area contributed by atoms with Crippen LogP contribution in [0.5, 0.6) is 11.5 Å². The van der Waals surface area contributed by atoms with Crippen molar-refractivity contribution in [2.45, 2.75) is 43.5 Å². The fourth-order valence-electron chi connectivity index (χ4n) is 5.02. The number of rotatable bonds is 16. The Kier molecular flexibility index (Phi) is 15.3. The lowest BCUT2D eigenvalue weighted by molar-refractivity contribution is -0.135. The Morgan fingerprint density at radius 2 is 1.12 bits per heavy atom. The number of aliphatic carboxylic acids is 1. The summed E-state index contributed by atoms with van der Waals surface area (Å²) >= 11 is 9.56. The highest BCUT2D eigenvalue weighted by molar-refractivity contribution is 6.52. The molecule has 5 aromatic carbocycles. The molecule has 48 heavy (non-hydrogen) atoms. The van der Waals surface area contributed by atoms with E-state index in [0.717, 1.165) is 54.1 Å². The number of carboxylic acid groups (broad SMARTS) is 1. The van der Waals surface area contributed by atoms with E-state index < -0.39 is 16.9 Å². The van der Waals surface area contributed by atoms with Gasteiger partial charge in [-0.05, 0) is 71.5 Å². The lowest BCUT2D eigenvalue weighted by atomic mass is 10.1. The molecule has 2 N–H and O–H groups in total. The van der Waals surface area contributed by atoms with Gasteiger partial charge in [-0.25, -0.2) is 4.79 Å². The Morgan fingerprint density at radius 3 is 1.67 bits per heavy atom. The Labute approximate surface area is 293 Å². The van der Waals surface area contributed by atoms with Crippen molar-refractivity contribution >= 4 is 29.2 Å². The van der Waals surface area contributed by atoms with Crippen LogP contribution in [0.25, 0.3) is 0 Å². The monoisotopic (exact) mass is 685 g/mol. The number of halogens is 2. The van der Waals surface area contributed by atoms with Crippen molar-refractivity contribution in [3.05, 3.63) is 167 Å². The van der Waals surface area contributed by atoms with Gasteiger partial charge in [0.2, 0.25) is 4.84 Å². The minimum atomic E-state index is -1.29. The molecular weight excluding hydrogens is 645 g/mol. The van der Waals surface area contributed by atoms with Gasteiger partial charge in [0.05, 0.1) is 6.10 Å². The molecule has 1 atom stereocenters. The lowest BCUT2D eigenvalue weighted by Crippen LogP contribution is -2.29. The predicted octanol–water partition coefficient (Wildman–Crippen LogP) is 8.89. The van der Waals surface area contributed by atoms with Crippen molar-refractivity contribution < 1.29 is 24.5 Å². The summed E-state index contributed by atoms with van der Waals surface area (Å²) < 4.78 is 12.1. The van der Waals surface area contributed by atoms with Crippen LogP contribution in [0.2, 0.25) is 0 Å². The van der Waals surface area contributed by atoms with Gasteiger partial charge in [-0.2, -0.15) is 0 Å². The van der Waals surface area contributed by atoms with E-state index in [4.69, 9.17) is 37.8 Å². The Morgan fingerprint density at radius 1 is 0.646 bits per heavy atom. The summed E-state index contributed by atoms with van der Waals surface area (Å²) in [5, 5.41) is 19.0. The summed E-state index contributed by atoms with van der Waals surface area (Å²) in [7, 11) is 0. The van der Waals surface area contributed by atoms with Crippen molar-refractivity contribution in [2.75, 3.05) is 13.1 Å². The number of aryl methyl sites for hydroxylation is 1. The van der Waals surface area contributed by atoms with Crippen LogP contribution >= 0.6 is 23.2 Å². The van der Waals surface area contributed by atoms with Crippen LogP contribution in [-0.2, 0) is 31.0 Å². The first-order valence-corrected chi connectivity index (χ1v) is 16.7. The van der Waals surface area contributed by atoms with Crippen molar-refractivity contribution in [2.24, 2.45) is 0 Å². The number of hydrogen-bond acceptors (Lipinski definition) is 5. The normalized spacial score (nSPS) is 11.4. The highest BCUT2D eigenvalue weighted by Gasteiger charge is 2.15. The zero-order valence-electron chi connectivity index (χ0n) is 26.7. The molecule has 0 aliphatic carbocycles. The zero-order valence-corrected chi connectivity index (χ0v) is 28.2. The topological polar surface area (TPSA) is 79.2 Å². The van der Waals surface area contributed by atoms with Crippen LogP contribution in [0.4, 0.5) is 0 Å². The number of carbonyl (C=O) groups is 1. The molecule has 0 heterocycles. The summed E-state index contributed by atoms with van der Waals surface area (Å²) in [5.74, 6) is 0.444. The van der Waals surface area contributed by atoms with Crippen LogP contribution in [0.3, 0.4) is 0 Å². The van der Waals surface area contributed by atoms with Gasteiger partial charge in [0.25, 0.3) is 0 Å². The van der Waals surface area contributed by atoms with E-state index in [9.17, 15) is 9.90 Å². The fraction of sp³-hybridized carbons (Fsp3) is 0.225. The molecule has 5 aromatic rings. The summed E-state index contributed by atoms with van der Waals surface area (Å²) in [5.41, 5.74) is 5.63. The SMILES string of the molecule is O=C(O)C(Cl)Cl.OC(CN(CCCc1cccc(OCc2ccccc2)c1)Cc1ccccc1)c1cccc(OCc2ccccc2)c1. The summed E-state index contributed by atoms with van der Waals surface area (Å²) in [4.78, 5) is 10.5. The van der Waals surface area contributed by atoms with Gasteiger partial charge < -0.3 is 19.7 Å². The molecule has 0 aromatic heterocycles. The van der Waals surface area contributed by atoms with Crippen molar-refractivity contribution in [3.63, 3.8) is 0 Å². The van der Waals surface area contributed by atoms with Crippen molar-refractivity contribution in [1.82, 2.24) is 4.90 Å². The molecular formula is C40H41Cl2NO5. The molecule has 0 fully saturated rings. The molecule has 0 amide bonds. The van der Waals surface area contributed by atoms with E-state index in [1.807, 2.05) is 84.9 Å². The standard InChI is InChI=1S/C38H39NO3.C2H2Cl2O2/c40-38(35-21-11-23-37(26-35)42-30-34-17-8-3-9-18-34)28-39(27-32-13-4-1-5-14-32)24-12-20-31-19-10-22-36(25-31)41-29-33-15-6-2-7-16-33;3-1(4)2(5)6/h1-11,13-19,21-23,25-26,38,40H,12,20,24,27-30H2;1H,(H,5,6). The van der Waals surface area contributed by atoms with Gasteiger partial charge in [-0.1, -0.05) is 138 Å². The van der Waals surface area contributed by atoms with Gasteiger partial charge in [0.1, 0.15) is 24.7 Å². The molecule has 0 spiro atoms. The molecule has 0 saturated carbocycles. The van der Waals surface area contributed by atoms with Crippen molar-refractivity contribution in [3.8, 4) is 11.5 Å². The average molecular weight is 687 g/mol. The smallest absolute Gasteiger partial charge is 0.337 e. The third kappa shape index (κ3) is 13.4. The summed E-state index contributed by atoms with van der Waals surface area (Å²) in [6, 6.07) is 47.0. The van der Waals surface area contributed by atoms with Crippen LogP contribution in [0.15, 0.2) is 140 Å². The maximum Gasteiger partial charge on any atom is 0.337 e. The lowest BCUT2D eigenvalue weighted by Gasteiger charge is -2.26. The van der Waals surface area contributed by atoms with Gasteiger partial charge >= 0.3 is 5.97 Å². The first kappa shape index (κ1) is 36.5. The number of aliphatic hydroxyl groups is 1. The van der Waals surface area contributed by atoms with Gasteiger partial charge in [-0.3, -0.25) is 4.90 Å². The molecule has 0 saturated heterocycles. The van der Waals surface area contributed by atoms with Gasteiger partial charge in [-0.15, -0.1) is 0 Å². The number of carboxylic acids is 1. The average Bonchev–Trinajstić information content (AvgIpc) is 3.11. The van der Waals surface area contributed by atoms with E-state index in [0.29, 0.717) is 19.8 Å². The molecule has 0 aliphatic rings. The number of hydrogen-bond donors (Lipinski definition) is 2. The van der Waals surface area contributed by atoms with Gasteiger partial charge in [0.15, 0.2) is 0 Å². The third-order valence-corrected chi connectivity index (χ3v) is 7.82. The Bertz CT molecular complexity index is 1640. The van der Waals surface area contributed by atoms with Crippen LogP contribution in [0.1, 0.15) is 40.3 Å². The fourth-order valence-corrected chi connectivity index (χ4v) is 5.02. The second-order valence-corrected chi connectivity index (χ2v) is 12.3. The van der Waals surface area contributed by atoms with E-state index >= 15 is 0 Å². The highest BCUT2D eigenvalue weighted by atomic mass is 35.5. The maximum atomic E-state index is 11.3. The minimum absolute atomic E-state index is 0.499. The molecule has 8 heteroatoms. The molecule has 0 bridgehead atoms.